The Morgan fingerprint density at radius 2 is 1.71 bits per heavy atom. The van der Waals surface area contributed by atoms with E-state index in [-0.39, 0.29) is 5.75 Å². The van der Waals surface area contributed by atoms with Crippen molar-refractivity contribution in [2.45, 2.75) is 0 Å². The average Bonchev–Trinajstić information content (AvgIpc) is 2.79. The fraction of sp³-hybridized carbons (Fsp3) is 0.0476. The van der Waals surface area contributed by atoms with Crippen LogP contribution >= 0.6 is 0 Å². The molecule has 10 nitrogen and oxygen atoms in total. The van der Waals surface area contributed by atoms with Gasteiger partial charge in [0, 0.05) is 17.4 Å². The zero-order chi connectivity index (χ0) is 21.6. The SMILES string of the molecule is COc1ccc(Nc2cnc3ccc(NC(=O)Nc4ccccc4)nc3n2)cc1OO. The molecule has 4 aromatic rings. The molecule has 0 atom stereocenters. The minimum Gasteiger partial charge on any atom is -0.493 e. The fourth-order valence-electron chi connectivity index (χ4n) is 2.80. The third kappa shape index (κ3) is 4.77. The number of aromatic nitrogens is 3. The molecule has 0 saturated carbocycles. The van der Waals surface area contributed by atoms with Crippen LogP contribution in [0.15, 0.2) is 66.9 Å². The first-order chi connectivity index (χ1) is 15.1. The molecule has 0 radical (unpaired) electrons. The molecule has 2 aromatic heterocycles. The van der Waals surface area contributed by atoms with Crippen LogP contribution in [0.2, 0.25) is 0 Å². The van der Waals surface area contributed by atoms with E-state index in [0.29, 0.717) is 39.9 Å². The summed E-state index contributed by atoms with van der Waals surface area (Å²) in [4.78, 5) is 29.6. The number of benzene rings is 2. The molecule has 0 aliphatic heterocycles. The van der Waals surface area contributed by atoms with Gasteiger partial charge in [-0.05, 0) is 36.4 Å². The van der Waals surface area contributed by atoms with Crippen LogP contribution in [0.4, 0.5) is 27.8 Å². The first kappa shape index (κ1) is 19.9. The Hall–Kier alpha value is -4.44. The second kappa shape index (κ2) is 8.93. The Morgan fingerprint density at radius 3 is 2.48 bits per heavy atom. The van der Waals surface area contributed by atoms with Gasteiger partial charge in [-0.25, -0.2) is 25.0 Å². The van der Waals surface area contributed by atoms with Gasteiger partial charge in [-0.3, -0.25) is 5.32 Å². The molecule has 10 heteroatoms. The van der Waals surface area contributed by atoms with Crippen LogP contribution in [0.5, 0.6) is 11.5 Å². The van der Waals surface area contributed by atoms with Crippen molar-refractivity contribution in [2.75, 3.05) is 23.1 Å². The molecule has 0 fully saturated rings. The number of anilines is 4. The normalized spacial score (nSPS) is 10.4. The minimum absolute atomic E-state index is 0.148. The Balaban J connectivity index is 1.51. The molecular weight excluding hydrogens is 400 g/mol. The van der Waals surface area contributed by atoms with Crippen molar-refractivity contribution in [3.63, 3.8) is 0 Å². The summed E-state index contributed by atoms with van der Waals surface area (Å²) in [5.74, 6) is 1.27. The largest absolute Gasteiger partial charge is 0.493 e. The smallest absolute Gasteiger partial charge is 0.324 e. The summed E-state index contributed by atoms with van der Waals surface area (Å²) >= 11 is 0. The Bertz CT molecular complexity index is 1220. The molecule has 156 valence electrons. The number of hydrogen-bond acceptors (Lipinski definition) is 8. The van der Waals surface area contributed by atoms with Gasteiger partial charge >= 0.3 is 6.03 Å². The van der Waals surface area contributed by atoms with Crippen molar-refractivity contribution < 1.29 is 19.7 Å². The van der Waals surface area contributed by atoms with E-state index in [1.807, 2.05) is 18.2 Å². The van der Waals surface area contributed by atoms with Crippen molar-refractivity contribution in [1.29, 1.82) is 0 Å². The van der Waals surface area contributed by atoms with Crippen molar-refractivity contribution >= 4 is 40.2 Å². The van der Waals surface area contributed by atoms with Gasteiger partial charge in [0.2, 0.25) is 5.75 Å². The third-order valence-electron chi connectivity index (χ3n) is 4.21. The highest BCUT2D eigenvalue weighted by molar-refractivity contribution is 5.99. The summed E-state index contributed by atoms with van der Waals surface area (Å²) in [7, 11) is 1.47. The number of amides is 2. The Labute approximate surface area is 176 Å². The Morgan fingerprint density at radius 1 is 0.903 bits per heavy atom. The van der Waals surface area contributed by atoms with E-state index >= 15 is 0 Å². The first-order valence-corrected chi connectivity index (χ1v) is 9.18. The van der Waals surface area contributed by atoms with Gasteiger partial charge in [-0.15, -0.1) is 0 Å². The van der Waals surface area contributed by atoms with Crippen LogP contribution < -0.4 is 25.6 Å². The number of hydrogen-bond donors (Lipinski definition) is 4. The molecular formula is C21H18N6O4. The van der Waals surface area contributed by atoms with E-state index < -0.39 is 6.03 Å². The highest BCUT2D eigenvalue weighted by atomic mass is 17.1. The number of carbonyl (C=O) groups excluding carboxylic acids is 1. The summed E-state index contributed by atoms with van der Waals surface area (Å²) < 4.78 is 5.09. The molecule has 2 amide bonds. The van der Waals surface area contributed by atoms with Crippen LogP contribution in [0.1, 0.15) is 0 Å². The topological polar surface area (TPSA) is 131 Å². The summed E-state index contributed by atoms with van der Waals surface area (Å²) in [6.07, 6.45) is 1.54. The zero-order valence-corrected chi connectivity index (χ0v) is 16.4. The van der Waals surface area contributed by atoms with E-state index in [4.69, 9.17) is 9.99 Å². The monoisotopic (exact) mass is 418 g/mol. The lowest BCUT2D eigenvalue weighted by Crippen LogP contribution is -2.20. The van der Waals surface area contributed by atoms with E-state index in [0.717, 1.165) is 0 Å². The number of para-hydroxylation sites is 1. The summed E-state index contributed by atoms with van der Waals surface area (Å²) in [6, 6.07) is 16.9. The fourth-order valence-corrected chi connectivity index (χ4v) is 2.80. The third-order valence-corrected chi connectivity index (χ3v) is 4.21. The van der Waals surface area contributed by atoms with Crippen LogP contribution in [-0.4, -0.2) is 33.4 Å². The van der Waals surface area contributed by atoms with E-state index in [2.05, 4.69) is 35.8 Å². The van der Waals surface area contributed by atoms with Crippen LogP contribution in [-0.2, 0) is 0 Å². The van der Waals surface area contributed by atoms with E-state index in [1.54, 1.807) is 48.7 Å². The lowest BCUT2D eigenvalue weighted by atomic mass is 10.2. The van der Waals surface area contributed by atoms with Gasteiger partial charge in [0.05, 0.1) is 13.3 Å². The maximum atomic E-state index is 12.2. The van der Waals surface area contributed by atoms with Crippen LogP contribution in [0.25, 0.3) is 11.2 Å². The van der Waals surface area contributed by atoms with Crippen molar-refractivity contribution in [2.24, 2.45) is 0 Å². The van der Waals surface area contributed by atoms with Gasteiger partial charge in [0.15, 0.2) is 17.2 Å². The number of urea groups is 1. The van der Waals surface area contributed by atoms with Gasteiger partial charge in [0.1, 0.15) is 11.3 Å². The second-order valence-electron chi connectivity index (χ2n) is 6.32. The lowest BCUT2D eigenvalue weighted by Gasteiger charge is -2.10. The average molecular weight is 418 g/mol. The predicted octanol–water partition coefficient (Wildman–Crippen LogP) is 4.27. The summed E-state index contributed by atoms with van der Waals surface area (Å²) in [6.45, 7) is 0. The summed E-state index contributed by atoms with van der Waals surface area (Å²) in [5, 5.41) is 17.4. The molecule has 0 unspecified atom stereocenters. The van der Waals surface area contributed by atoms with Crippen LogP contribution in [0.3, 0.4) is 0 Å². The van der Waals surface area contributed by atoms with Gasteiger partial charge < -0.3 is 20.3 Å². The minimum atomic E-state index is -0.421. The standard InChI is InChI=1S/C21H18N6O4/c1-30-16-9-7-14(11-17(16)31-29)23-19-12-22-15-8-10-18(25-20(15)26-19)27-21(28)24-13-5-3-2-4-6-13/h2-12,29H,1H3,(H3,23,24,25,26,27,28). The van der Waals surface area contributed by atoms with Gasteiger partial charge in [-0.1, -0.05) is 18.2 Å². The molecule has 0 saturated heterocycles. The molecule has 2 aromatic carbocycles. The molecule has 2 heterocycles. The number of ether oxygens (including phenoxy) is 1. The molecule has 0 aliphatic rings. The van der Waals surface area contributed by atoms with Crippen molar-refractivity contribution in [3.05, 3.63) is 66.9 Å². The van der Waals surface area contributed by atoms with Crippen molar-refractivity contribution in [3.8, 4) is 11.5 Å². The number of nitrogens with one attached hydrogen (secondary N) is 3. The molecule has 0 spiro atoms. The highest BCUT2D eigenvalue weighted by Crippen LogP contribution is 2.30. The Kier molecular flexibility index (Phi) is 5.72. The maximum absolute atomic E-state index is 12.2. The van der Waals surface area contributed by atoms with Crippen LogP contribution in [0, 0.1) is 0 Å². The quantitative estimate of drug-likeness (QED) is 0.270. The summed E-state index contributed by atoms with van der Waals surface area (Å²) in [5.41, 5.74) is 2.16. The number of methoxy groups -OCH3 is 1. The zero-order valence-electron chi connectivity index (χ0n) is 16.4. The molecule has 4 rings (SSSR count). The molecule has 0 bridgehead atoms. The van der Waals surface area contributed by atoms with E-state index in [1.165, 1.54) is 7.11 Å². The lowest BCUT2D eigenvalue weighted by molar-refractivity contribution is -0.138. The number of pyridine rings is 1. The number of rotatable bonds is 6. The van der Waals surface area contributed by atoms with Crippen molar-refractivity contribution in [1.82, 2.24) is 15.0 Å². The van der Waals surface area contributed by atoms with E-state index in [9.17, 15) is 4.79 Å². The number of carbonyl (C=O) groups is 1. The first-order valence-electron chi connectivity index (χ1n) is 9.18. The molecule has 0 aliphatic carbocycles. The van der Waals surface area contributed by atoms with Gasteiger partial charge in [0.25, 0.3) is 0 Å². The molecule has 31 heavy (non-hydrogen) atoms. The highest BCUT2D eigenvalue weighted by Gasteiger charge is 2.09. The molecule has 4 N–H and O–H groups in total. The number of nitrogens with zero attached hydrogens (tertiary/aromatic N) is 3. The predicted molar refractivity (Wildman–Crippen MR) is 116 cm³/mol. The number of fused-ring (bicyclic) bond motifs is 1. The van der Waals surface area contributed by atoms with Gasteiger partial charge in [-0.2, -0.15) is 0 Å². The second-order valence-corrected chi connectivity index (χ2v) is 6.32. The maximum Gasteiger partial charge on any atom is 0.324 e.